The average Bonchev–Trinajstić information content (AvgIpc) is 2.92. The lowest BCUT2D eigenvalue weighted by Gasteiger charge is -2.07. The molecule has 0 N–H and O–H groups in total. The summed E-state index contributed by atoms with van der Waals surface area (Å²) in [6.07, 6.45) is 0. The van der Waals surface area contributed by atoms with Gasteiger partial charge in [0.25, 0.3) is 0 Å². The van der Waals surface area contributed by atoms with Gasteiger partial charge in [-0.15, -0.1) is 22.7 Å². The third kappa shape index (κ3) is 2.21. The molecule has 3 aromatic rings. The highest BCUT2D eigenvalue weighted by Crippen LogP contribution is 2.40. The van der Waals surface area contributed by atoms with E-state index in [4.69, 9.17) is 4.74 Å². The summed E-state index contributed by atoms with van der Waals surface area (Å²) in [5, 5.41) is 0. The predicted octanol–water partition coefficient (Wildman–Crippen LogP) is 5.62. The Balaban J connectivity index is 2.09. The topological polar surface area (TPSA) is 9.23 Å². The molecule has 5 heteroatoms. The monoisotopic (exact) mass is 310 g/mol. The SMILES string of the molecule is CCOc1ccc(-c2cc3sc(C)cc3s2)c(F)c1F. The van der Waals surface area contributed by atoms with E-state index in [0.29, 0.717) is 6.61 Å². The molecule has 0 saturated heterocycles. The zero-order chi connectivity index (χ0) is 14.3. The van der Waals surface area contributed by atoms with Crippen molar-refractivity contribution in [3.05, 3.63) is 40.8 Å². The second-order valence-corrected chi connectivity index (χ2v) is 6.74. The molecule has 2 heterocycles. The van der Waals surface area contributed by atoms with Crippen LogP contribution < -0.4 is 4.74 Å². The van der Waals surface area contributed by atoms with Gasteiger partial charge < -0.3 is 4.74 Å². The van der Waals surface area contributed by atoms with Crippen molar-refractivity contribution in [1.29, 1.82) is 0 Å². The van der Waals surface area contributed by atoms with Crippen LogP contribution in [0.1, 0.15) is 11.8 Å². The number of halogens is 2. The summed E-state index contributed by atoms with van der Waals surface area (Å²) in [5.74, 6) is -1.80. The minimum Gasteiger partial charge on any atom is -0.491 e. The van der Waals surface area contributed by atoms with Crippen LogP contribution in [0.4, 0.5) is 8.78 Å². The Labute approximate surface area is 123 Å². The number of fused-ring (bicyclic) bond motifs is 1. The lowest BCUT2D eigenvalue weighted by Crippen LogP contribution is -1.98. The van der Waals surface area contributed by atoms with Crippen LogP contribution in [0.5, 0.6) is 5.75 Å². The number of hydrogen-bond donors (Lipinski definition) is 0. The Kier molecular flexibility index (Phi) is 3.48. The Morgan fingerprint density at radius 3 is 2.50 bits per heavy atom. The summed E-state index contributed by atoms with van der Waals surface area (Å²) in [5.41, 5.74) is 0.289. The Hall–Kier alpha value is -1.46. The molecule has 3 rings (SSSR count). The minimum absolute atomic E-state index is 0.0389. The summed E-state index contributed by atoms with van der Waals surface area (Å²) in [4.78, 5) is 1.96. The van der Waals surface area contributed by atoms with Crippen LogP contribution >= 0.6 is 22.7 Å². The van der Waals surface area contributed by atoms with Crippen molar-refractivity contribution < 1.29 is 13.5 Å². The van der Waals surface area contributed by atoms with Crippen LogP contribution in [-0.4, -0.2) is 6.61 Å². The molecule has 20 heavy (non-hydrogen) atoms. The molecule has 0 atom stereocenters. The molecule has 104 valence electrons. The first-order chi connectivity index (χ1) is 9.60. The lowest BCUT2D eigenvalue weighted by atomic mass is 10.1. The largest absolute Gasteiger partial charge is 0.491 e. The molecule has 0 saturated carbocycles. The van der Waals surface area contributed by atoms with Crippen LogP contribution in [-0.2, 0) is 0 Å². The quantitative estimate of drug-likeness (QED) is 0.610. The molecular weight excluding hydrogens is 298 g/mol. The first-order valence-corrected chi connectivity index (χ1v) is 7.84. The standard InChI is InChI=1S/C15H12F2OS2/c1-3-18-10-5-4-9(14(16)15(10)17)11-7-13-12(20-11)6-8(2)19-13/h4-7H,3H2,1-2H3. The van der Waals surface area contributed by atoms with Crippen molar-refractivity contribution in [3.63, 3.8) is 0 Å². The number of aryl methyl sites for hydroxylation is 1. The maximum atomic E-state index is 14.1. The fourth-order valence-corrected chi connectivity index (χ4v) is 4.41. The van der Waals surface area contributed by atoms with Crippen molar-refractivity contribution in [3.8, 4) is 16.2 Å². The van der Waals surface area contributed by atoms with Crippen molar-refractivity contribution in [1.82, 2.24) is 0 Å². The molecule has 0 aliphatic heterocycles. The third-order valence-electron chi connectivity index (χ3n) is 2.94. The van der Waals surface area contributed by atoms with Crippen LogP contribution in [0.2, 0.25) is 0 Å². The Morgan fingerprint density at radius 1 is 1.05 bits per heavy atom. The second-order valence-electron chi connectivity index (χ2n) is 4.37. The van der Waals surface area contributed by atoms with Crippen molar-refractivity contribution in [2.75, 3.05) is 6.61 Å². The smallest absolute Gasteiger partial charge is 0.201 e. The number of ether oxygens (including phenoxy) is 1. The number of benzene rings is 1. The van der Waals surface area contributed by atoms with Crippen LogP contribution in [0.25, 0.3) is 19.8 Å². The first-order valence-electron chi connectivity index (χ1n) is 6.21. The summed E-state index contributed by atoms with van der Waals surface area (Å²) in [6, 6.07) is 7.04. The average molecular weight is 310 g/mol. The third-order valence-corrected chi connectivity index (χ3v) is 5.18. The molecule has 0 aliphatic carbocycles. The zero-order valence-electron chi connectivity index (χ0n) is 11.0. The fraction of sp³-hybridized carbons (Fsp3) is 0.200. The van der Waals surface area contributed by atoms with Gasteiger partial charge in [-0.05, 0) is 38.1 Å². The van der Waals surface area contributed by atoms with E-state index in [1.54, 1.807) is 24.3 Å². The molecule has 0 unspecified atom stereocenters. The van der Waals surface area contributed by atoms with Crippen molar-refractivity contribution in [2.45, 2.75) is 13.8 Å². The summed E-state index contributed by atoms with van der Waals surface area (Å²) >= 11 is 3.13. The maximum Gasteiger partial charge on any atom is 0.201 e. The molecule has 0 fully saturated rings. The highest BCUT2D eigenvalue weighted by atomic mass is 32.1. The molecule has 0 aliphatic rings. The van der Waals surface area contributed by atoms with Gasteiger partial charge in [-0.2, -0.15) is 4.39 Å². The van der Waals surface area contributed by atoms with Gasteiger partial charge in [0.05, 0.1) is 6.61 Å². The van der Waals surface area contributed by atoms with Gasteiger partial charge in [-0.3, -0.25) is 0 Å². The van der Waals surface area contributed by atoms with E-state index in [1.165, 1.54) is 22.3 Å². The Morgan fingerprint density at radius 2 is 1.80 bits per heavy atom. The van der Waals surface area contributed by atoms with Crippen LogP contribution in [0.15, 0.2) is 24.3 Å². The van der Waals surface area contributed by atoms with E-state index in [0.717, 1.165) is 14.3 Å². The normalized spacial score (nSPS) is 11.2. The number of hydrogen-bond acceptors (Lipinski definition) is 3. The van der Waals surface area contributed by atoms with Crippen molar-refractivity contribution >= 4 is 32.1 Å². The van der Waals surface area contributed by atoms with Gasteiger partial charge in [-0.1, -0.05) is 0 Å². The van der Waals surface area contributed by atoms with Gasteiger partial charge in [-0.25, -0.2) is 4.39 Å². The fourth-order valence-electron chi connectivity index (χ4n) is 2.08. The lowest BCUT2D eigenvalue weighted by molar-refractivity contribution is 0.314. The van der Waals surface area contributed by atoms with E-state index in [9.17, 15) is 8.78 Å². The molecule has 1 nitrogen and oxygen atoms in total. The van der Waals surface area contributed by atoms with Gasteiger partial charge in [0.1, 0.15) is 0 Å². The summed E-state index contributed by atoms with van der Waals surface area (Å²) in [7, 11) is 0. The first kappa shape index (κ1) is 13.5. The second kappa shape index (κ2) is 5.14. The summed E-state index contributed by atoms with van der Waals surface area (Å²) < 4.78 is 35.3. The van der Waals surface area contributed by atoms with E-state index < -0.39 is 11.6 Å². The highest BCUT2D eigenvalue weighted by Gasteiger charge is 2.17. The van der Waals surface area contributed by atoms with Gasteiger partial charge in [0.2, 0.25) is 5.82 Å². The number of rotatable bonds is 3. The van der Waals surface area contributed by atoms with E-state index >= 15 is 0 Å². The minimum atomic E-state index is -0.919. The van der Waals surface area contributed by atoms with E-state index in [-0.39, 0.29) is 11.3 Å². The molecular formula is C15H12F2OS2. The van der Waals surface area contributed by atoms with Crippen LogP contribution in [0.3, 0.4) is 0 Å². The van der Waals surface area contributed by atoms with E-state index in [1.807, 2.05) is 13.0 Å². The Bertz CT molecular complexity index is 742. The van der Waals surface area contributed by atoms with Crippen LogP contribution in [0, 0.1) is 18.6 Å². The zero-order valence-corrected chi connectivity index (χ0v) is 12.6. The maximum absolute atomic E-state index is 14.1. The summed E-state index contributed by atoms with van der Waals surface area (Å²) in [6.45, 7) is 4.08. The molecule has 0 amide bonds. The predicted molar refractivity (Wildman–Crippen MR) is 81.0 cm³/mol. The van der Waals surface area contributed by atoms with E-state index in [2.05, 4.69) is 6.07 Å². The van der Waals surface area contributed by atoms with Gasteiger partial charge in [0, 0.05) is 24.7 Å². The molecule has 0 spiro atoms. The highest BCUT2D eigenvalue weighted by molar-refractivity contribution is 7.29. The molecule has 0 radical (unpaired) electrons. The van der Waals surface area contributed by atoms with Crippen molar-refractivity contribution in [2.24, 2.45) is 0 Å². The van der Waals surface area contributed by atoms with Gasteiger partial charge in [0.15, 0.2) is 11.6 Å². The molecule has 0 bridgehead atoms. The number of thiophene rings is 2. The molecule has 2 aromatic heterocycles. The molecule has 1 aromatic carbocycles. The van der Waals surface area contributed by atoms with Gasteiger partial charge >= 0.3 is 0 Å².